The first-order valence-corrected chi connectivity index (χ1v) is 7.71. The van der Waals surface area contributed by atoms with Crippen LogP contribution in [0.5, 0.6) is 0 Å². The molecule has 0 unspecified atom stereocenters. The molecule has 1 aromatic rings. The van der Waals surface area contributed by atoms with Crippen LogP contribution in [0, 0.1) is 5.41 Å². The lowest BCUT2D eigenvalue weighted by Gasteiger charge is -2.27. The van der Waals surface area contributed by atoms with Crippen LogP contribution in [0.1, 0.15) is 37.7 Å². The SMILES string of the molecule is NCCC1(CN(Cc2ccsc2)C2CC2)CC1. The van der Waals surface area contributed by atoms with Gasteiger partial charge in [0.2, 0.25) is 0 Å². The second kappa shape index (κ2) is 4.71. The van der Waals surface area contributed by atoms with E-state index in [1.807, 2.05) is 11.3 Å². The van der Waals surface area contributed by atoms with Crippen molar-refractivity contribution in [1.82, 2.24) is 4.90 Å². The fourth-order valence-electron chi connectivity index (χ4n) is 2.77. The van der Waals surface area contributed by atoms with Gasteiger partial charge >= 0.3 is 0 Å². The Balaban J connectivity index is 1.60. The molecule has 0 aliphatic heterocycles. The van der Waals surface area contributed by atoms with Crippen molar-refractivity contribution >= 4 is 11.3 Å². The second-order valence-electron chi connectivity index (χ2n) is 5.81. The molecule has 0 spiro atoms. The van der Waals surface area contributed by atoms with Gasteiger partial charge < -0.3 is 5.73 Å². The Kier molecular flexibility index (Phi) is 3.24. The fraction of sp³-hybridized carbons (Fsp3) is 0.714. The largest absolute Gasteiger partial charge is 0.330 e. The third-order valence-corrected chi connectivity index (χ3v) is 4.93. The third-order valence-electron chi connectivity index (χ3n) is 4.20. The summed E-state index contributed by atoms with van der Waals surface area (Å²) in [6, 6.07) is 3.13. The summed E-state index contributed by atoms with van der Waals surface area (Å²) in [5, 5.41) is 4.48. The number of hydrogen-bond donors (Lipinski definition) is 1. The van der Waals surface area contributed by atoms with E-state index in [1.54, 1.807) is 0 Å². The minimum atomic E-state index is 0.591. The minimum Gasteiger partial charge on any atom is -0.330 e. The van der Waals surface area contributed by atoms with Gasteiger partial charge in [0.05, 0.1) is 0 Å². The van der Waals surface area contributed by atoms with E-state index in [0.717, 1.165) is 19.1 Å². The van der Waals surface area contributed by atoms with E-state index in [-0.39, 0.29) is 0 Å². The Morgan fingerprint density at radius 2 is 2.24 bits per heavy atom. The lowest BCUT2D eigenvalue weighted by atomic mass is 10.0. The first-order chi connectivity index (χ1) is 8.31. The van der Waals surface area contributed by atoms with E-state index < -0.39 is 0 Å². The minimum absolute atomic E-state index is 0.591. The van der Waals surface area contributed by atoms with Crippen molar-refractivity contribution in [1.29, 1.82) is 0 Å². The molecule has 2 saturated carbocycles. The molecule has 2 N–H and O–H groups in total. The van der Waals surface area contributed by atoms with Crippen LogP contribution < -0.4 is 5.73 Å². The number of nitrogens with two attached hydrogens (primary N) is 1. The van der Waals surface area contributed by atoms with E-state index in [4.69, 9.17) is 5.73 Å². The Labute approximate surface area is 108 Å². The number of thiophene rings is 1. The maximum atomic E-state index is 5.74. The summed E-state index contributed by atoms with van der Waals surface area (Å²) in [5.41, 5.74) is 7.82. The first-order valence-electron chi connectivity index (χ1n) is 6.77. The van der Waals surface area contributed by atoms with Crippen LogP contribution in [-0.2, 0) is 6.54 Å². The fourth-order valence-corrected chi connectivity index (χ4v) is 3.43. The predicted molar refractivity (Wildman–Crippen MR) is 73.1 cm³/mol. The van der Waals surface area contributed by atoms with Crippen LogP contribution in [-0.4, -0.2) is 24.0 Å². The molecule has 0 bridgehead atoms. The Morgan fingerprint density at radius 1 is 1.41 bits per heavy atom. The molecule has 3 heteroatoms. The molecule has 0 radical (unpaired) electrons. The van der Waals surface area contributed by atoms with Gasteiger partial charge in [0.15, 0.2) is 0 Å². The van der Waals surface area contributed by atoms with Crippen LogP contribution in [0.15, 0.2) is 16.8 Å². The summed E-state index contributed by atoms with van der Waals surface area (Å²) in [6.45, 7) is 3.29. The van der Waals surface area contributed by atoms with Crippen molar-refractivity contribution in [2.24, 2.45) is 11.1 Å². The quantitative estimate of drug-likeness (QED) is 0.806. The topological polar surface area (TPSA) is 29.3 Å². The normalized spacial score (nSPS) is 22.0. The number of hydrogen-bond acceptors (Lipinski definition) is 3. The highest BCUT2D eigenvalue weighted by molar-refractivity contribution is 7.07. The lowest BCUT2D eigenvalue weighted by Crippen LogP contribution is -2.33. The van der Waals surface area contributed by atoms with Crippen LogP contribution in [0.3, 0.4) is 0 Å². The van der Waals surface area contributed by atoms with Crippen LogP contribution in [0.25, 0.3) is 0 Å². The van der Waals surface area contributed by atoms with Crippen LogP contribution >= 0.6 is 11.3 Å². The molecule has 2 aliphatic carbocycles. The summed E-state index contributed by atoms with van der Waals surface area (Å²) < 4.78 is 0. The first kappa shape index (κ1) is 11.7. The highest BCUT2D eigenvalue weighted by Crippen LogP contribution is 2.50. The summed E-state index contributed by atoms with van der Waals surface area (Å²) in [5.74, 6) is 0. The molecule has 17 heavy (non-hydrogen) atoms. The zero-order chi connectivity index (χ0) is 11.7. The summed E-state index contributed by atoms with van der Waals surface area (Å²) >= 11 is 1.81. The smallest absolute Gasteiger partial charge is 0.0245 e. The molecule has 2 nitrogen and oxygen atoms in total. The molecule has 1 heterocycles. The second-order valence-corrected chi connectivity index (χ2v) is 6.59. The Morgan fingerprint density at radius 3 is 2.76 bits per heavy atom. The summed E-state index contributed by atoms with van der Waals surface area (Å²) in [7, 11) is 0. The zero-order valence-corrected chi connectivity index (χ0v) is 11.2. The highest BCUT2D eigenvalue weighted by Gasteiger charge is 2.45. The van der Waals surface area contributed by atoms with Gasteiger partial charge in [-0.2, -0.15) is 11.3 Å². The lowest BCUT2D eigenvalue weighted by molar-refractivity contribution is 0.197. The zero-order valence-electron chi connectivity index (χ0n) is 10.4. The third kappa shape index (κ3) is 2.90. The van der Waals surface area contributed by atoms with Gasteiger partial charge in [-0.3, -0.25) is 4.90 Å². The van der Waals surface area contributed by atoms with Crippen LogP contribution in [0.2, 0.25) is 0 Å². The molecule has 0 aromatic carbocycles. The van der Waals surface area contributed by atoms with Gasteiger partial charge in [-0.25, -0.2) is 0 Å². The van der Waals surface area contributed by atoms with Gasteiger partial charge in [-0.15, -0.1) is 0 Å². The Bertz CT molecular complexity index is 352. The van der Waals surface area contributed by atoms with E-state index in [1.165, 1.54) is 44.2 Å². The Hall–Kier alpha value is -0.380. The van der Waals surface area contributed by atoms with Crippen molar-refractivity contribution < 1.29 is 0 Å². The molecular formula is C14H22N2S. The van der Waals surface area contributed by atoms with Gasteiger partial charge in [0, 0.05) is 19.1 Å². The maximum absolute atomic E-state index is 5.74. The van der Waals surface area contributed by atoms with E-state index in [9.17, 15) is 0 Å². The standard InChI is InChI=1S/C14H22N2S/c15-7-6-14(4-5-14)11-16(13-1-2-13)9-12-3-8-17-10-12/h3,8,10,13H,1-2,4-7,9,11,15H2. The molecule has 0 saturated heterocycles. The van der Waals surface area contributed by atoms with Gasteiger partial charge in [0.1, 0.15) is 0 Å². The monoisotopic (exact) mass is 250 g/mol. The predicted octanol–water partition coefficient (Wildman–Crippen LogP) is 2.84. The van der Waals surface area contributed by atoms with Gasteiger partial charge in [-0.1, -0.05) is 0 Å². The van der Waals surface area contributed by atoms with E-state index in [2.05, 4.69) is 21.7 Å². The number of rotatable bonds is 7. The molecule has 3 rings (SSSR count). The van der Waals surface area contributed by atoms with Crippen molar-refractivity contribution in [3.05, 3.63) is 22.4 Å². The van der Waals surface area contributed by atoms with E-state index in [0.29, 0.717) is 5.41 Å². The van der Waals surface area contributed by atoms with Gasteiger partial charge in [-0.05, 0) is 66.5 Å². The number of nitrogens with zero attached hydrogens (tertiary/aromatic N) is 1. The summed E-state index contributed by atoms with van der Waals surface area (Å²) in [6.07, 6.45) is 6.83. The molecule has 1 aromatic heterocycles. The average molecular weight is 250 g/mol. The van der Waals surface area contributed by atoms with Crippen molar-refractivity contribution in [2.45, 2.75) is 44.7 Å². The van der Waals surface area contributed by atoms with Crippen molar-refractivity contribution in [2.75, 3.05) is 13.1 Å². The van der Waals surface area contributed by atoms with Crippen LogP contribution in [0.4, 0.5) is 0 Å². The molecule has 94 valence electrons. The maximum Gasteiger partial charge on any atom is 0.0245 e. The highest BCUT2D eigenvalue weighted by atomic mass is 32.1. The average Bonchev–Trinajstić information content (AvgIpc) is 3.22. The molecular weight excluding hydrogens is 228 g/mol. The van der Waals surface area contributed by atoms with Crippen molar-refractivity contribution in [3.63, 3.8) is 0 Å². The molecule has 0 atom stereocenters. The van der Waals surface area contributed by atoms with Gasteiger partial charge in [0.25, 0.3) is 0 Å². The van der Waals surface area contributed by atoms with E-state index >= 15 is 0 Å². The molecule has 2 aliphatic rings. The molecule has 0 amide bonds. The van der Waals surface area contributed by atoms with Crippen molar-refractivity contribution in [3.8, 4) is 0 Å². The summed E-state index contributed by atoms with van der Waals surface area (Å²) in [4.78, 5) is 2.71. The molecule has 2 fully saturated rings.